The van der Waals surface area contributed by atoms with E-state index in [0.29, 0.717) is 17.7 Å². The minimum Gasteiger partial charge on any atom is -0.504 e. The first-order chi connectivity index (χ1) is 15.2. The number of hydrogen-bond acceptors (Lipinski definition) is 5. The Balaban J connectivity index is 0.00000259. The van der Waals surface area contributed by atoms with Crippen LogP contribution in [0.25, 0.3) is 22.2 Å². The van der Waals surface area contributed by atoms with Gasteiger partial charge in [0.25, 0.3) is 5.56 Å². The predicted molar refractivity (Wildman–Crippen MR) is 128 cm³/mol. The van der Waals surface area contributed by atoms with Crippen LogP contribution in [0.2, 0.25) is 0 Å². The van der Waals surface area contributed by atoms with Gasteiger partial charge in [-0.05, 0) is 62.3 Å². The summed E-state index contributed by atoms with van der Waals surface area (Å²) in [5.74, 6) is -0.785. The molecule has 2 heterocycles. The van der Waals surface area contributed by atoms with Crippen molar-refractivity contribution in [3.8, 4) is 22.8 Å². The van der Waals surface area contributed by atoms with E-state index in [-0.39, 0.29) is 23.9 Å². The number of halogens is 1. The quantitative estimate of drug-likeness (QED) is 0.417. The summed E-state index contributed by atoms with van der Waals surface area (Å²) in [7, 11) is 2.07. The fourth-order valence-corrected chi connectivity index (χ4v) is 4.70. The van der Waals surface area contributed by atoms with Gasteiger partial charge in [-0.1, -0.05) is 6.92 Å². The summed E-state index contributed by atoms with van der Waals surface area (Å²) in [6, 6.07) is 6.38. The van der Waals surface area contributed by atoms with Gasteiger partial charge >= 0.3 is 6.16 Å². The number of pyridine rings is 1. The molecule has 1 aromatic carbocycles. The Hall–Kier alpha value is -2.97. The van der Waals surface area contributed by atoms with Gasteiger partial charge in [0.15, 0.2) is 5.75 Å². The van der Waals surface area contributed by atoms with Crippen molar-refractivity contribution in [3.05, 3.63) is 45.4 Å². The highest BCUT2D eigenvalue weighted by molar-refractivity contribution is 5.89. The highest BCUT2D eigenvalue weighted by Gasteiger charge is 2.36. The largest absolute Gasteiger partial charge is 0.511 e. The molecule has 4 N–H and O–H groups in total. The van der Waals surface area contributed by atoms with E-state index < -0.39 is 23.2 Å². The minimum atomic E-state index is -1.64. The molecule has 0 saturated heterocycles. The van der Waals surface area contributed by atoms with E-state index in [1.165, 1.54) is 18.5 Å². The number of aryl methyl sites for hydroxylation is 1. The first-order valence-corrected chi connectivity index (χ1v) is 10.9. The predicted octanol–water partition coefficient (Wildman–Crippen LogP) is 4.41. The van der Waals surface area contributed by atoms with Crippen LogP contribution in [0.5, 0.6) is 11.5 Å². The molecule has 3 aromatic rings. The van der Waals surface area contributed by atoms with Crippen molar-refractivity contribution in [3.63, 3.8) is 0 Å². The average Bonchev–Trinajstić information content (AvgIpc) is 3.42. The standard InChI is InChI=1S/C24H27N3O5.ClH/c1-12-4-5-15-19(26-22(29)21(20(15)28)32-23(30)31)17-9-13-8-14(11-25-24(2)6-7-24)27(3)18(13)10-16(12)17;/h8-10,12,25H,4-7,11H2,1-3H3,(H,30,31)(H2,26,28,29);1H. The SMILES string of the molecule is CC1CCc2c([nH]c(=O)c(OC(=O)O)c2O)-c2cc3cc(CNC4(C)CC4)n(C)c3cc21.Cl. The van der Waals surface area contributed by atoms with Crippen molar-refractivity contribution in [1.29, 1.82) is 0 Å². The van der Waals surface area contributed by atoms with Crippen molar-refractivity contribution in [2.24, 2.45) is 7.05 Å². The maximum atomic E-state index is 12.5. The highest BCUT2D eigenvalue weighted by atomic mass is 35.5. The van der Waals surface area contributed by atoms with E-state index in [1.807, 2.05) is 0 Å². The zero-order valence-corrected chi connectivity index (χ0v) is 19.6. The van der Waals surface area contributed by atoms with Crippen LogP contribution in [0, 0.1) is 0 Å². The van der Waals surface area contributed by atoms with Crippen LogP contribution >= 0.6 is 12.4 Å². The smallest absolute Gasteiger partial charge is 0.504 e. The molecule has 0 radical (unpaired) electrons. The lowest BCUT2D eigenvalue weighted by molar-refractivity contribution is 0.142. The molecule has 0 aliphatic heterocycles. The summed E-state index contributed by atoms with van der Waals surface area (Å²) in [5.41, 5.74) is 4.76. The van der Waals surface area contributed by atoms with E-state index in [2.05, 4.69) is 58.7 Å². The summed E-state index contributed by atoms with van der Waals surface area (Å²) in [6.45, 7) is 5.15. The number of rotatable bonds is 4. The lowest BCUT2D eigenvalue weighted by Gasteiger charge is -2.15. The molecule has 0 bridgehead atoms. The molecule has 0 amide bonds. The lowest BCUT2D eigenvalue weighted by Crippen LogP contribution is -2.27. The molecule has 176 valence electrons. The van der Waals surface area contributed by atoms with Crippen LogP contribution in [0.4, 0.5) is 4.79 Å². The maximum absolute atomic E-state index is 12.5. The molecule has 1 unspecified atom stereocenters. The average molecular weight is 474 g/mol. The van der Waals surface area contributed by atoms with Crippen LogP contribution in [-0.2, 0) is 20.0 Å². The summed E-state index contributed by atoms with van der Waals surface area (Å²) in [4.78, 5) is 26.3. The third kappa shape index (κ3) is 3.98. The molecule has 5 rings (SSSR count). The Bertz CT molecular complexity index is 1320. The number of aromatic hydroxyl groups is 1. The van der Waals surface area contributed by atoms with Gasteiger partial charge in [-0.2, -0.15) is 0 Å². The first-order valence-electron chi connectivity index (χ1n) is 10.9. The first kappa shape index (κ1) is 23.2. The zero-order valence-electron chi connectivity index (χ0n) is 18.8. The van der Waals surface area contributed by atoms with E-state index in [1.54, 1.807) is 0 Å². The van der Waals surface area contributed by atoms with Crippen LogP contribution < -0.4 is 15.6 Å². The Kier molecular flexibility index (Phi) is 5.70. The van der Waals surface area contributed by atoms with Gasteiger partial charge < -0.3 is 29.8 Å². The minimum absolute atomic E-state index is 0. The number of fused-ring (bicyclic) bond motifs is 4. The summed E-state index contributed by atoms with van der Waals surface area (Å²) < 4.78 is 6.76. The molecule has 2 aromatic heterocycles. The lowest BCUT2D eigenvalue weighted by atomic mass is 9.92. The fraction of sp³-hybridized carbons (Fsp3) is 0.417. The Morgan fingerprint density at radius 2 is 2.06 bits per heavy atom. The van der Waals surface area contributed by atoms with Crippen LogP contribution in [0.1, 0.15) is 55.8 Å². The number of benzene rings is 1. The summed E-state index contributed by atoms with van der Waals surface area (Å²) in [5, 5.41) is 24.3. The second kappa shape index (κ2) is 8.11. The van der Waals surface area contributed by atoms with Gasteiger partial charge in [0.05, 0.1) is 5.69 Å². The number of hydrogen-bond donors (Lipinski definition) is 4. The van der Waals surface area contributed by atoms with Crippen LogP contribution in [-0.4, -0.2) is 31.5 Å². The Labute approximate surface area is 197 Å². The molecule has 8 nitrogen and oxygen atoms in total. The van der Waals surface area contributed by atoms with E-state index >= 15 is 0 Å². The summed E-state index contributed by atoms with van der Waals surface area (Å²) >= 11 is 0. The highest BCUT2D eigenvalue weighted by Crippen LogP contribution is 2.43. The molecular weight excluding hydrogens is 446 g/mol. The van der Waals surface area contributed by atoms with Gasteiger partial charge in [0.1, 0.15) is 0 Å². The second-order valence-corrected chi connectivity index (χ2v) is 9.40. The van der Waals surface area contributed by atoms with E-state index in [0.717, 1.165) is 35.0 Å². The van der Waals surface area contributed by atoms with Crippen molar-refractivity contribution >= 4 is 29.5 Å². The molecule has 1 atom stereocenters. The number of ether oxygens (including phenoxy) is 1. The van der Waals surface area contributed by atoms with Crippen molar-refractivity contribution in [2.45, 2.75) is 57.5 Å². The third-order valence-corrected chi connectivity index (χ3v) is 7.07. The number of aromatic amines is 1. The molecule has 1 saturated carbocycles. The third-order valence-electron chi connectivity index (χ3n) is 7.07. The number of carbonyl (C=O) groups is 1. The number of aromatic nitrogens is 2. The maximum Gasteiger partial charge on any atom is 0.511 e. The van der Waals surface area contributed by atoms with Crippen molar-refractivity contribution in [2.75, 3.05) is 0 Å². The van der Waals surface area contributed by atoms with Gasteiger partial charge in [-0.15, -0.1) is 12.4 Å². The van der Waals surface area contributed by atoms with Gasteiger partial charge in [0, 0.05) is 46.9 Å². The summed E-state index contributed by atoms with van der Waals surface area (Å²) in [6.07, 6.45) is 2.00. The second-order valence-electron chi connectivity index (χ2n) is 9.40. The fourth-order valence-electron chi connectivity index (χ4n) is 4.70. The number of H-pyrrole nitrogens is 1. The van der Waals surface area contributed by atoms with Crippen LogP contribution in [0.3, 0.4) is 0 Å². The molecule has 33 heavy (non-hydrogen) atoms. The zero-order chi connectivity index (χ0) is 22.8. The van der Waals surface area contributed by atoms with Crippen molar-refractivity contribution in [1.82, 2.24) is 14.9 Å². The van der Waals surface area contributed by atoms with Crippen LogP contribution in [0.15, 0.2) is 23.0 Å². The molecule has 9 heteroatoms. The van der Waals surface area contributed by atoms with E-state index in [9.17, 15) is 14.7 Å². The molecule has 2 aliphatic carbocycles. The monoisotopic (exact) mass is 473 g/mol. The number of nitrogens with one attached hydrogen (secondary N) is 2. The number of nitrogens with zero attached hydrogens (tertiary/aromatic N) is 1. The van der Waals surface area contributed by atoms with Gasteiger partial charge in [-0.3, -0.25) is 4.79 Å². The molecule has 2 aliphatic rings. The molecule has 1 fully saturated rings. The topological polar surface area (TPSA) is 117 Å². The van der Waals surface area contributed by atoms with Gasteiger partial charge in [-0.25, -0.2) is 4.79 Å². The molecular formula is C24H28ClN3O5. The Morgan fingerprint density at radius 1 is 1.33 bits per heavy atom. The van der Waals surface area contributed by atoms with Crippen molar-refractivity contribution < 1.29 is 19.7 Å². The number of carboxylic acid groups (broad SMARTS) is 1. The van der Waals surface area contributed by atoms with E-state index in [4.69, 9.17) is 5.11 Å². The normalized spacial score (nSPS) is 18.1. The van der Waals surface area contributed by atoms with Gasteiger partial charge in [0.2, 0.25) is 5.75 Å². The molecule has 0 spiro atoms. The Morgan fingerprint density at radius 3 is 2.73 bits per heavy atom.